The second-order valence-corrected chi connectivity index (χ2v) is 8.79. The lowest BCUT2D eigenvalue weighted by molar-refractivity contribution is 0.260. The molecule has 0 amide bonds. The average molecular weight is 353 g/mol. The average Bonchev–Trinajstić information content (AvgIpc) is 2.56. The predicted octanol–water partition coefficient (Wildman–Crippen LogP) is 2.44. The molecule has 4 nitrogen and oxygen atoms in total. The molecule has 0 spiro atoms. The number of halogens is 1. The van der Waals surface area contributed by atoms with E-state index in [2.05, 4.69) is 20.7 Å². The van der Waals surface area contributed by atoms with Gasteiger partial charge in [-0.2, -0.15) is 0 Å². The fourth-order valence-corrected chi connectivity index (χ4v) is 5.90. The van der Waals surface area contributed by atoms with E-state index in [1.807, 2.05) is 6.92 Å². The normalized spacial score (nSPS) is 18.6. The molecule has 1 fully saturated rings. The predicted molar refractivity (Wildman–Crippen MR) is 77.0 cm³/mol. The summed E-state index contributed by atoms with van der Waals surface area (Å²) in [5.74, 6) is 0.478. The van der Waals surface area contributed by atoms with E-state index in [1.165, 1.54) is 17.8 Å². The molecular weight excluding hydrogens is 336 g/mol. The van der Waals surface area contributed by atoms with Crippen LogP contribution in [-0.4, -0.2) is 14.5 Å². The molecule has 1 saturated carbocycles. The first-order chi connectivity index (χ1) is 8.44. The van der Waals surface area contributed by atoms with Gasteiger partial charge < -0.3 is 5.73 Å². The molecule has 1 aliphatic rings. The number of thiophene rings is 1. The summed E-state index contributed by atoms with van der Waals surface area (Å²) < 4.78 is 27.9. The second kappa shape index (κ2) is 5.58. The minimum Gasteiger partial charge on any atom is -0.326 e. The van der Waals surface area contributed by atoms with Crippen LogP contribution in [0.25, 0.3) is 0 Å². The van der Waals surface area contributed by atoms with Crippen LogP contribution in [0.3, 0.4) is 0 Å². The molecule has 0 radical (unpaired) electrons. The smallest absolute Gasteiger partial charge is 0.242 e. The molecule has 7 heteroatoms. The van der Waals surface area contributed by atoms with Crippen LogP contribution in [0.1, 0.15) is 31.1 Å². The Balaban J connectivity index is 2.16. The van der Waals surface area contributed by atoms with Gasteiger partial charge in [-0.3, -0.25) is 0 Å². The zero-order valence-corrected chi connectivity index (χ0v) is 13.4. The van der Waals surface area contributed by atoms with Crippen LogP contribution in [0, 0.1) is 5.92 Å². The van der Waals surface area contributed by atoms with Gasteiger partial charge in [0.05, 0.1) is 3.79 Å². The molecule has 2 rings (SSSR count). The summed E-state index contributed by atoms with van der Waals surface area (Å²) in [6.07, 6.45) is 3.43. The highest BCUT2D eigenvalue weighted by atomic mass is 79.9. The van der Waals surface area contributed by atoms with E-state index in [0.29, 0.717) is 21.1 Å². The van der Waals surface area contributed by atoms with Gasteiger partial charge in [0.1, 0.15) is 4.90 Å². The molecule has 1 heterocycles. The third-order valence-electron chi connectivity index (χ3n) is 3.40. The third kappa shape index (κ3) is 2.96. The fraction of sp³-hybridized carbons (Fsp3) is 0.636. The minimum absolute atomic E-state index is 0.00289. The molecule has 3 N–H and O–H groups in total. The molecule has 18 heavy (non-hydrogen) atoms. The lowest BCUT2D eigenvalue weighted by Crippen LogP contribution is -2.40. The fourth-order valence-electron chi connectivity index (χ4n) is 2.03. The molecule has 0 saturated heterocycles. The Labute approximate surface area is 120 Å². The van der Waals surface area contributed by atoms with Gasteiger partial charge in [-0.15, -0.1) is 11.3 Å². The van der Waals surface area contributed by atoms with Crippen molar-refractivity contribution in [2.24, 2.45) is 11.7 Å². The Morgan fingerprint density at radius 3 is 2.72 bits per heavy atom. The number of nitrogens with one attached hydrogen (secondary N) is 1. The maximum Gasteiger partial charge on any atom is 0.242 e. The van der Waals surface area contributed by atoms with E-state index in [4.69, 9.17) is 5.73 Å². The monoisotopic (exact) mass is 352 g/mol. The van der Waals surface area contributed by atoms with Gasteiger partial charge in [0.15, 0.2) is 0 Å². The molecule has 0 aromatic carbocycles. The maximum absolute atomic E-state index is 12.3. The van der Waals surface area contributed by atoms with Crippen molar-refractivity contribution < 1.29 is 8.42 Å². The SMILES string of the molecule is CC(NS(=O)(=O)c1cc(CN)sc1Br)C1CCC1. The van der Waals surface area contributed by atoms with Crippen molar-refractivity contribution in [2.45, 2.75) is 43.7 Å². The molecule has 1 aromatic heterocycles. The summed E-state index contributed by atoms with van der Waals surface area (Å²) in [6.45, 7) is 2.29. The van der Waals surface area contributed by atoms with Gasteiger partial charge in [-0.25, -0.2) is 13.1 Å². The van der Waals surface area contributed by atoms with Crippen molar-refractivity contribution in [3.63, 3.8) is 0 Å². The third-order valence-corrected chi connectivity index (χ3v) is 7.23. The number of sulfonamides is 1. The maximum atomic E-state index is 12.3. The van der Waals surface area contributed by atoms with Crippen molar-refractivity contribution in [3.05, 3.63) is 14.7 Å². The number of rotatable bonds is 5. The van der Waals surface area contributed by atoms with Gasteiger partial charge >= 0.3 is 0 Å². The first-order valence-corrected chi connectivity index (χ1v) is 9.04. The van der Waals surface area contributed by atoms with Gasteiger partial charge in [-0.1, -0.05) is 6.42 Å². The molecule has 0 bridgehead atoms. The first-order valence-electron chi connectivity index (χ1n) is 5.94. The van der Waals surface area contributed by atoms with Crippen molar-refractivity contribution in [2.75, 3.05) is 0 Å². The topological polar surface area (TPSA) is 72.2 Å². The Hall–Kier alpha value is 0.0500. The van der Waals surface area contributed by atoms with E-state index < -0.39 is 10.0 Å². The Kier molecular flexibility index (Phi) is 4.48. The van der Waals surface area contributed by atoms with E-state index in [1.54, 1.807) is 6.07 Å². The molecule has 1 atom stereocenters. The molecule has 0 aliphatic heterocycles. The van der Waals surface area contributed by atoms with Crippen molar-refractivity contribution in [3.8, 4) is 0 Å². The van der Waals surface area contributed by atoms with Crippen LogP contribution >= 0.6 is 27.3 Å². The highest BCUT2D eigenvalue weighted by Gasteiger charge is 2.29. The largest absolute Gasteiger partial charge is 0.326 e. The van der Waals surface area contributed by atoms with E-state index >= 15 is 0 Å². The second-order valence-electron chi connectivity index (χ2n) is 4.66. The number of hydrogen-bond donors (Lipinski definition) is 2. The zero-order valence-electron chi connectivity index (χ0n) is 10.1. The van der Waals surface area contributed by atoms with Crippen LogP contribution in [0.4, 0.5) is 0 Å². The summed E-state index contributed by atoms with van der Waals surface area (Å²) in [6, 6.07) is 1.64. The van der Waals surface area contributed by atoms with Gasteiger partial charge in [0, 0.05) is 17.5 Å². The van der Waals surface area contributed by atoms with Crippen LogP contribution in [-0.2, 0) is 16.6 Å². The molecule has 102 valence electrons. The highest BCUT2D eigenvalue weighted by molar-refractivity contribution is 9.11. The molecule has 1 unspecified atom stereocenters. The van der Waals surface area contributed by atoms with E-state index in [9.17, 15) is 8.42 Å². The number of nitrogens with two attached hydrogens (primary N) is 1. The Bertz CT molecular complexity index is 523. The van der Waals surface area contributed by atoms with Crippen molar-refractivity contribution in [1.29, 1.82) is 0 Å². The van der Waals surface area contributed by atoms with Crippen LogP contribution in [0.15, 0.2) is 14.7 Å². The summed E-state index contributed by atoms with van der Waals surface area (Å²) in [5, 5.41) is 0. The lowest BCUT2D eigenvalue weighted by atomic mass is 9.81. The summed E-state index contributed by atoms with van der Waals surface area (Å²) >= 11 is 4.66. The summed E-state index contributed by atoms with van der Waals surface area (Å²) in [5.41, 5.74) is 5.53. The molecular formula is C11H17BrN2O2S2. The standard InChI is InChI=1S/C11H17BrN2O2S2/c1-7(8-3-2-4-8)14-18(15,16)10-5-9(6-13)17-11(10)12/h5,7-8,14H,2-4,6,13H2,1H3. The molecule has 1 aliphatic carbocycles. The van der Waals surface area contributed by atoms with Crippen molar-refractivity contribution >= 4 is 37.3 Å². The van der Waals surface area contributed by atoms with E-state index in [-0.39, 0.29) is 6.04 Å². The van der Waals surface area contributed by atoms with Gasteiger partial charge in [0.2, 0.25) is 10.0 Å². The first kappa shape index (κ1) is 14.5. The Morgan fingerprint density at radius 2 is 2.28 bits per heavy atom. The quantitative estimate of drug-likeness (QED) is 0.854. The van der Waals surface area contributed by atoms with Gasteiger partial charge in [0.25, 0.3) is 0 Å². The van der Waals surface area contributed by atoms with Crippen LogP contribution in [0.2, 0.25) is 0 Å². The highest BCUT2D eigenvalue weighted by Crippen LogP contribution is 2.33. The van der Waals surface area contributed by atoms with Gasteiger partial charge in [-0.05, 0) is 47.7 Å². The minimum atomic E-state index is -3.44. The number of hydrogen-bond acceptors (Lipinski definition) is 4. The van der Waals surface area contributed by atoms with E-state index in [0.717, 1.165) is 17.7 Å². The summed E-state index contributed by atoms with van der Waals surface area (Å²) in [7, 11) is -3.44. The van der Waals surface area contributed by atoms with Crippen LogP contribution < -0.4 is 10.5 Å². The Morgan fingerprint density at radius 1 is 1.61 bits per heavy atom. The van der Waals surface area contributed by atoms with Crippen LogP contribution in [0.5, 0.6) is 0 Å². The molecule has 1 aromatic rings. The summed E-state index contributed by atoms with van der Waals surface area (Å²) in [4.78, 5) is 1.16. The lowest BCUT2D eigenvalue weighted by Gasteiger charge is -2.31. The zero-order chi connectivity index (χ0) is 13.3. The van der Waals surface area contributed by atoms with Crippen molar-refractivity contribution in [1.82, 2.24) is 4.72 Å².